The Kier molecular flexibility index (Phi) is 3.69. The van der Waals surface area contributed by atoms with Crippen LogP contribution in [0, 0.1) is 5.92 Å². The van der Waals surface area contributed by atoms with Crippen LogP contribution in [-0.2, 0) is 0 Å². The summed E-state index contributed by atoms with van der Waals surface area (Å²) < 4.78 is 5.00. The van der Waals surface area contributed by atoms with Crippen LogP contribution < -0.4 is 15.8 Å². The van der Waals surface area contributed by atoms with Crippen molar-refractivity contribution in [2.75, 3.05) is 12.4 Å². The van der Waals surface area contributed by atoms with Crippen LogP contribution in [0.2, 0.25) is 0 Å². The summed E-state index contributed by atoms with van der Waals surface area (Å²) in [5.74, 6) is 0.593. The molecular weight excluding hydrogens is 230 g/mol. The Morgan fingerprint density at radius 2 is 2.39 bits per heavy atom. The fourth-order valence-electron chi connectivity index (χ4n) is 2.07. The fraction of sp³-hybridized carbons (Fsp3) is 0.538. The van der Waals surface area contributed by atoms with Gasteiger partial charge in [0.1, 0.15) is 5.56 Å². The van der Waals surface area contributed by atoms with Crippen molar-refractivity contribution in [3.63, 3.8) is 0 Å². The highest BCUT2D eigenvalue weighted by Crippen LogP contribution is 2.34. The zero-order valence-corrected chi connectivity index (χ0v) is 10.8. The number of pyridine rings is 1. The van der Waals surface area contributed by atoms with Crippen molar-refractivity contribution in [3.05, 3.63) is 17.8 Å². The molecule has 98 valence electrons. The van der Waals surface area contributed by atoms with Crippen LogP contribution in [-0.4, -0.2) is 24.0 Å². The van der Waals surface area contributed by atoms with Crippen LogP contribution in [0.25, 0.3) is 0 Å². The van der Waals surface area contributed by atoms with E-state index >= 15 is 0 Å². The molecule has 1 heterocycles. The highest BCUT2D eigenvalue weighted by atomic mass is 16.5. The molecule has 1 aromatic heterocycles. The van der Waals surface area contributed by atoms with Crippen LogP contribution in [0.3, 0.4) is 0 Å². The molecule has 1 unspecified atom stereocenters. The summed E-state index contributed by atoms with van der Waals surface area (Å²) >= 11 is 0. The Hall–Kier alpha value is -1.78. The lowest BCUT2D eigenvalue weighted by Gasteiger charge is -2.15. The van der Waals surface area contributed by atoms with E-state index in [1.165, 1.54) is 20.0 Å². The number of aromatic nitrogens is 1. The minimum Gasteiger partial charge on any atom is -0.480 e. The number of rotatable bonds is 6. The van der Waals surface area contributed by atoms with Gasteiger partial charge in [0, 0.05) is 6.04 Å². The van der Waals surface area contributed by atoms with Crippen molar-refractivity contribution in [1.82, 2.24) is 4.98 Å². The molecule has 1 aromatic rings. The predicted octanol–water partition coefficient (Wildman–Crippen LogP) is 1.79. The van der Waals surface area contributed by atoms with Crippen LogP contribution in [0.15, 0.2) is 12.3 Å². The van der Waals surface area contributed by atoms with Gasteiger partial charge >= 0.3 is 0 Å². The van der Waals surface area contributed by atoms with Crippen molar-refractivity contribution < 1.29 is 9.53 Å². The molecule has 0 saturated heterocycles. The zero-order chi connectivity index (χ0) is 13.1. The number of amides is 1. The Labute approximate surface area is 107 Å². The van der Waals surface area contributed by atoms with E-state index in [2.05, 4.69) is 17.2 Å². The minimum absolute atomic E-state index is 0.267. The second-order valence-electron chi connectivity index (χ2n) is 4.87. The first-order chi connectivity index (χ1) is 8.60. The van der Waals surface area contributed by atoms with Crippen LogP contribution in [0.1, 0.15) is 36.5 Å². The molecule has 5 nitrogen and oxygen atoms in total. The number of nitrogens with zero attached hydrogens (tertiary/aromatic N) is 1. The van der Waals surface area contributed by atoms with Gasteiger partial charge in [-0.15, -0.1) is 0 Å². The predicted molar refractivity (Wildman–Crippen MR) is 69.7 cm³/mol. The van der Waals surface area contributed by atoms with Crippen LogP contribution >= 0.6 is 0 Å². The lowest BCUT2D eigenvalue weighted by atomic mass is 10.1. The Morgan fingerprint density at radius 1 is 1.67 bits per heavy atom. The maximum Gasteiger partial charge on any atom is 0.254 e. The molecule has 1 fully saturated rings. The first kappa shape index (κ1) is 12.7. The zero-order valence-electron chi connectivity index (χ0n) is 10.8. The number of nitrogens with two attached hydrogens (primary N) is 1. The Balaban J connectivity index is 2.07. The molecule has 1 amide bonds. The highest BCUT2D eigenvalue weighted by molar-refractivity contribution is 5.95. The van der Waals surface area contributed by atoms with E-state index in [0.717, 1.165) is 18.0 Å². The normalized spacial score (nSPS) is 16.1. The van der Waals surface area contributed by atoms with Crippen molar-refractivity contribution in [2.45, 2.75) is 32.2 Å². The summed E-state index contributed by atoms with van der Waals surface area (Å²) in [6.07, 6.45) is 5.48. The number of anilines is 1. The molecule has 0 bridgehead atoms. The molecule has 1 aliphatic carbocycles. The van der Waals surface area contributed by atoms with E-state index in [-0.39, 0.29) is 5.88 Å². The third-order valence-electron chi connectivity index (χ3n) is 3.11. The number of hydrogen-bond donors (Lipinski definition) is 2. The largest absolute Gasteiger partial charge is 0.480 e. The summed E-state index contributed by atoms with van der Waals surface area (Å²) in [4.78, 5) is 15.4. The van der Waals surface area contributed by atoms with Crippen LogP contribution in [0.4, 0.5) is 5.69 Å². The average Bonchev–Trinajstić information content (AvgIpc) is 3.12. The van der Waals surface area contributed by atoms with Gasteiger partial charge in [0.2, 0.25) is 5.88 Å². The lowest BCUT2D eigenvalue weighted by Crippen LogP contribution is -2.18. The quantitative estimate of drug-likeness (QED) is 0.805. The summed E-state index contributed by atoms with van der Waals surface area (Å²) in [6.45, 7) is 2.13. The number of primary amides is 1. The molecule has 0 radical (unpaired) electrons. The second-order valence-corrected chi connectivity index (χ2v) is 4.87. The van der Waals surface area contributed by atoms with Crippen molar-refractivity contribution in [2.24, 2.45) is 11.7 Å². The first-order valence-electron chi connectivity index (χ1n) is 6.20. The molecule has 1 saturated carbocycles. The van der Waals surface area contributed by atoms with E-state index < -0.39 is 5.91 Å². The molecule has 3 N–H and O–H groups in total. The number of carbonyl (C=O) groups is 1. The summed E-state index contributed by atoms with van der Waals surface area (Å²) in [6, 6.07) is 2.06. The van der Waals surface area contributed by atoms with Crippen molar-refractivity contribution in [1.29, 1.82) is 0 Å². The SMILES string of the molecule is COc1ncc(NC(C)CC2CC2)cc1C(N)=O. The van der Waals surface area contributed by atoms with Gasteiger partial charge in [-0.3, -0.25) is 4.79 Å². The van der Waals surface area contributed by atoms with Gasteiger partial charge in [0.05, 0.1) is 19.0 Å². The number of nitrogens with one attached hydrogen (secondary N) is 1. The fourth-order valence-corrected chi connectivity index (χ4v) is 2.07. The van der Waals surface area contributed by atoms with E-state index in [0.29, 0.717) is 11.6 Å². The summed E-state index contributed by atoms with van der Waals surface area (Å²) in [7, 11) is 1.47. The molecular formula is C13H19N3O2. The number of carbonyl (C=O) groups excluding carboxylic acids is 1. The molecule has 2 rings (SSSR count). The number of ether oxygens (including phenoxy) is 1. The highest BCUT2D eigenvalue weighted by Gasteiger charge is 2.23. The van der Waals surface area contributed by atoms with Gasteiger partial charge in [-0.05, 0) is 25.3 Å². The van der Waals surface area contributed by atoms with Gasteiger partial charge in [0.15, 0.2) is 0 Å². The third-order valence-corrected chi connectivity index (χ3v) is 3.11. The summed E-state index contributed by atoms with van der Waals surface area (Å²) in [5, 5.41) is 3.33. The molecule has 0 aromatic carbocycles. The smallest absolute Gasteiger partial charge is 0.254 e. The average molecular weight is 249 g/mol. The molecule has 5 heteroatoms. The monoisotopic (exact) mass is 249 g/mol. The van der Waals surface area contributed by atoms with Crippen LogP contribution in [0.5, 0.6) is 5.88 Å². The molecule has 0 spiro atoms. The maximum absolute atomic E-state index is 11.3. The van der Waals surface area contributed by atoms with Gasteiger partial charge in [-0.1, -0.05) is 12.8 Å². The Morgan fingerprint density at radius 3 is 2.94 bits per heavy atom. The number of methoxy groups -OCH3 is 1. The van der Waals surface area contributed by atoms with Gasteiger partial charge in [-0.2, -0.15) is 0 Å². The molecule has 1 aliphatic rings. The third kappa shape index (κ3) is 3.12. The minimum atomic E-state index is -0.530. The van der Waals surface area contributed by atoms with Gasteiger partial charge in [0.25, 0.3) is 5.91 Å². The summed E-state index contributed by atoms with van der Waals surface area (Å²) in [5.41, 5.74) is 6.40. The van der Waals surface area contributed by atoms with Gasteiger partial charge < -0.3 is 15.8 Å². The standard InChI is InChI=1S/C13H19N3O2/c1-8(5-9-3-4-9)16-10-6-11(12(14)17)13(18-2)15-7-10/h6-9,16H,3-5H2,1-2H3,(H2,14,17). The van der Waals surface area contributed by atoms with Crippen molar-refractivity contribution in [3.8, 4) is 5.88 Å². The number of hydrogen-bond acceptors (Lipinski definition) is 4. The first-order valence-corrected chi connectivity index (χ1v) is 6.20. The lowest BCUT2D eigenvalue weighted by molar-refractivity contribution is 0.0996. The molecule has 18 heavy (non-hydrogen) atoms. The van der Waals surface area contributed by atoms with E-state index in [4.69, 9.17) is 10.5 Å². The van der Waals surface area contributed by atoms with E-state index in [1.54, 1.807) is 12.3 Å². The maximum atomic E-state index is 11.3. The van der Waals surface area contributed by atoms with E-state index in [1.807, 2.05) is 0 Å². The van der Waals surface area contributed by atoms with Crippen molar-refractivity contribution >= 4 is 11.6 Å². The topological polar surface area (TPSA) is 77.2 Å². The van der Waals surface area contributed by atoms with Gasteiger partial charge in [-0.25, -0.2) is 4.98 Å². The van der Waals surface area contributed by atoms with E-state index in [9.17, 15) is 4.79 Å². The Bertz CT molecular complexity index is 444. The second kappa shape index (κ2) is 5.25. The molecule has 0 aliphatic heterocycles. The molecule has 1 atom stereocenters.